The highest BCUT2D eigenvalue weighted by Crippen LogP contribution is 2.41. The van der Waals surface area contributed by atoms with Gasteiger partial charge in [-0.15, -0.1) is 0 Å². The molecule has 1 N–H and O–H groups in total. The number of rotatable bonds is 2. The minimum absolute atomic E-state index is 0.150. The summed E-state index contributed by atoms with van der Waals surface area (Å²) in [5.41, 5.74) is 1.23. The molecule has 1 aliphatic rings. The minimum Gasteiger partial charge on any atom is -0.327 e. The molecule has 1 aliphatic carbocycles. The quantitative estimate of drug-likeness (QED) is 0.782. The van der Waals surface area contributed by atoms with Crippen LogP contribution in [0.2, 0.25) is 0 Å². The summed E-state index contributed by atoms with van der Waals surface area (Å²) in [7, 11) is 0. The second-order valence-electron chi connectivity index (χ2n) is 5.20. The van der Waals surface area contributed by atoms with Crippen molar-refractivity contribution in [3.8, 4) is 11.3 Å². The number of benzene rings is 1. The molecule has 21 heavy (non-hydrogen) atoms. The smallest absolute Gasteiger partial charge is 0.327 e. The van der Waals surface area contributed by atoms with E-state index in [2.05, 4.69) is 9.97 Å². The molecule has 0 unspecified atom stereocenters. The van der Waals surface area contributed by atoms with E-state index in [1.807, 2.05) is 24.3 Å². The summed E-state index contributed by atoms with van der Waals surface area (Å²) in [4.78, 5) is 6.19. The Morgan fingerprint density at radius 2 is 1.90 bits per heavy atom. The van der Waals surface area contributed by atoms with Crippen LogP contribution in [-0.2, 0) is 6.18 Å². The van der Waals surface area contributed by atoms with E-state index in [0.717, 1.165) is 36.5 Å². The first kappa shape index (κ1) is 14.3. The Morgan fingerprint density at radius 3 is 2.52 bits per heavy atom. The second kappa shape index (κ2) is 5.26. The predicted molar refractivity (Wildman–Crippen MR) is 76.5 cm³/mol. The van der Waals surface area contributed by atoms with E-state index in [4.69, 9.17) is 12.2 Å². The van der Waals surface area contributed by atoms with Crippen molar-refractivity contribution in [2.45, 2.75) is 31.4 Å². The third-order valence-electron chi connectivity index (χ3n) is 3.83. The fraction of sp³-hybridized carbons (Fsp3) is 0.333. The number of nitrogens with zero attached hydrogens (tertiary/aromatic N) is 1. The molecule has 0 aliphatic heterocycles. The number of halogens is 3. The van der Waals surface area contributed by atoms with Crippen molar-refractivity contribution in [2.24, 2.45) is 0 Å². The summed E-state index contributed by atoms with van der Waals surface area (Å²) >= 11 is 4.84. The number of hydrogen-bond donors (Lipinski definition) is 1. The van der Waals surface area contributed by atoms with Gasteiger partial charge in [0.1, 0.15) is 5.69 Å². The molecular formula is C15H13F3N2S. The Kier molecular flexibility index (Phi) is 3.57. The van der Waals surface area contributed by atoms with Gasteiger partial charge in [-0.25, -0.2) is 4.98 Å². The van der Waals surface area contributed by atoms with Crippen LogP contribution in [0.5, 0.6) is 0 Å². The molecule has 1 aromatic heterocycles. The fourth-order valence-corrected chi connectivity index (χ4v) is 2.76. The molecule has 110 valence electrons. The Morgan fingerprint density at radius 1 is 1.19 bits per heavy atom. The van der Waals surface area contributed by atoms with Crippen molar-refractivity contribution in [1.29, 1.82) is 0 Å². The van der Waals surface area contributed by atoms with Crippen LogP contribution in [0, 0.1) is 4.77 Å². The van der Waals surface area contributed by atoms with E-state index in [0.29, 0.717) is 5.92 Å². The zero-order valence-electron chi connectivity index (χ0n) is 11.1. The molecule has 2 nitrogen and oxygen atoms in total. The molecule has 1 aromatic carbocycles. The molecule has 0 saturated heterocycles. The molecule has 0 bridgehead atoms. The summed E-state index contributed by atoms with van der Waals surface area (Å²) in [6.07, 6.45) is -1.16. The van der Waals surface area contributed by atoms with Gasteiger partial charge in [0.05, 0.1) is 5.69 Å². The molecule has 1 saturated carbocycles. The maximum absolute atomic E-state index is 12.9. The van der Waals surface area contributed by atoms with Crippen LogP contribution in [0.1, 0.15) is 36.4 Å². The van der Waals surface area contributed by atoms with Crippen molar-refractivity contribution >= 4 is 12.2 Å². The van der Waals surface area contributed by atoms with E-state index < -0.39 is 11.9 Å². The van der Waals surface area contributed by atoms with Crippen LogP contribution in [0.25, 0.3) is 11.3 Å². The largest absolute Gasteiger partial charge is 0.431 e. The van der Waals surface area contributed by atoms with E-state index in [9.17, 15) is 13.2 Å². The lowest BCUT2D eigenvalue weighted by molar-refractivity contribution is -0.141. The maximum atomic E-state index is 12.9. The van der Waals surface area contributed by atoms with Crippen molar-refractivity contribution in [3.63, 3.8) is 0 Å². The van der Waals surface area contributed by atoms with Gasteiger partial charge in [0.2, 0.25) is 0 Å². The van der Waals surface area contributed by atoms with Gasteiger partial charge in [0.25, 0.3) is 0 Å². The Hall–Kier alpha value is -1.69. The van der Waals surface area contributed by atoms with Gasteiger partial charge >= 0.3 is 6.18 Å². The number of hydrogen-bond acceptors (Lipinski definition) is 2. The monoisotopic (exact) mass is 310 g/mol. The van der Waals surface area contributed by atoms with Gasteiger partial charge in [-0.3, -0.25) is 0 Å². The minimum atomic E-state index is -4.46. The van der Waals surface area contributed by atoms with Gasteiger partial charge in [0.15, 0.2) is 4.77 Å². The molecule has 1 fully saturated rings. The van der Waals surface area contributed by atoms with E-state index in [-0.39, 0.29) is 10.5 Å². The van der Waals surface area contributed by atoms with Gasteiger partial charge in [-0.2, -0.15) is 13.2 Å². The van der Waals surface area contributed by atoms with Crippen molar-refractivity contribution in [1.82, 2.24) is 9.97 Å². The molecule has 0 atom stereocenters. The number of nitrogens with one attached hydrogen (secondary N) is 1. The van der Waals surface area contributed by atoms with Crippen LogP contribution >= 0.6 is 12.2 Å². The molecule has 6 heteroatoms. The number of aromatic nitrogens is 2. The highest BCUT2D eigenvalue weighted by molar-refractivity contribution is 7.71. The zero-order valence-corrected chi connectivity index (χ0v) is 11.9. The summed E-state index contributed by atoms with van der Waals surface area (Å²) in [5, 5.41) is 0. The van der Waals surface area contributed by atoms with Crippen LogP contribution in [0.3, 0.4) is 0 Å². The molecule has 3 rings (SSSR count). The highest BCUT2D eigenvalue weighted by atomic mass is 32.1. The summed E-state index contributed by atoms with van der Waals surface area (Å²) in [6, 6.07) is 8.53. The molecular weight excluding hydrogens is 297 g/mol. The van der Waals surface area contributed by atoms with E-state index in [1.165, 1.54) is 0 Å². The van der Waals surface area contributed by atoms with Crippen LogP contribution in [0.15, 0.2) is 30.3 Å². The Labute approximate surface area is 125 Å². The normalized spacial score (nSPS) is 15.8. The summed E-state index contributed by atoms with van der Waals surface area (Å²) in [6.45, 7) is 0. The third kappa shape index (κ3) is 2.85. The van der Waals surface area contributed by atoms with Gasteiger partial charge in [-0.1, -0.05) is 30.7 Å². The lowest BCUT2D eigenvalue weighted by atomic mass is 9.78. The average Bonchev–Trinajstić information content (AvgIpc) is 2.35. The first-order valence-corrected chi connectivity index (χ1v) is 7.14. The fourth-order valence-electron chi connectivity index (χ4n) is 2.55. The second-order valence-corrected chi connectivity index (χ2v) is 5.58. The molecule has 0 radical (unpaired) electrons. The SMILES string of the molecule is FC(F)(F)c1cc(-c2ccccc2C2CCC2)nc(=S)[nH]1. The first-order chi connectivity index (χ1) is 9.95. The zero-order chi connectivity index (χ0) is 15.0. The van der Waals surface area contributed by atoms with E-state index in [1.54, 1.807) is 0 Å². The summed E-state index contributed by atoms with van der Waals surface area (Å²) < 4.78 is 38.5. The Bertz CT molecular complexity index is 717. The summed E-state index contributed by atoms with van der Waals surface area (Å²) in [5.74, 6) is 0.412. The molecule has 2 aromatic rings. The van der Waals surface area contributed by atoms with Crippen LogP contribution in [0.4, 0.5) is 13.2 Å². The van der Waals surface area contributed by atoms with Crippen LogP contribution in [-0.4, -0.2) is 9.97 Å². The number of aromatic amines is 1. The van der Waals surface area contributed by atoms with Gasteiger partial charge in [0, 0.05) is 5.56 Å². The van der Waals surface area contributed by atoms with Crippen molar-refractivity contribution in [3.05, 3.63) is 46.4 Å². The molecule has 0 amide bonds. The van der Waals surface area contributed by atoms with Crippen LogP contribution < -0.4 is 0 Å². The topological polar surface area (TPSA) is 28.7 Å². The first-order valence-electron chi connectivity index (χ1n) is 6.73. The predicted octanol–water partition coefficient (Wildman–Crippen LogP) is 5.09. The standard InChI is InChI=1S/C15H13F3N2S/c16-15(17,18)13-8-12(19-14(21)20-13)11-7-2-1-6-10(11)9-4-3-5-9/h1-2,6-9H,3-5H2,(H,19,20,21). The van der Waals surface area contributed by atoms with Crippen molar-refractivity contribution < 1.29 is 13.2 Å². The van der Waals surface area contributed by atoms with Gasteiger partial charge < -0.3 is 4.98 Å². The lowest BCUT2D eigenvalue weighted by Gasteiger charge is -2.27. The number of H-pyrrole nitrogens is 1. The van der Waals surface area contributed by atoms with E-state index >= 15 is 0 Å². The highest BCUT2D eigenvalue weighted by Gasteiger charge is 2.32. The maximum Gasteiger partial charge on any atom is 0.431 e. The van der Waals surface area contributed by atoms with Crippen molar-refractivity contribution in [2.75, 3.05) is 0 Å². The number of alkyl halides is 3. The lowest BCUT2D eigenvalue weighted by Crippen LogP contribution is -2.12. The molecule has 1 heterocycles. The third-order valence-corrected chi connectivity index (χ3v) is 4.03. The average molecular weight is 310 g/mol. The Balaban J connectivity index is 2.13. The molecule has 0 spiro atoms. The van der Waals surface area contributed by atoms with Gasteiger partial charge in [-0.05, 0) is 42.6 Å².